The molecule has 2 rings (SSSR count). The van der Waals surface area contributed by atoms with Crippen LogP contribution >= 0.6 is 0 Å². The molecule has 1 aromatic rings. The summed E-state index contributed by atoms with van der Waals surface area (Å²) in [6.45, 7) is 3.43. The molecule has 0 radical (unpaired) electrons. The molecule has 0 bridgehead atoms. The Bertz CT molecular complexity index is 493. The van der Waals surface area contributed by atoms with Crippen molar-refractivity contribution < 1.29 is 14.3 Å². The molecular weight excluding hydrogens is 244 g/mol. The summed E-state index contributed by atoms with van der Waals surface area (Å²) in [6.07, 6.45) is 0.866. The van der Waals surface area contributed by atoms with Gasteiger partial charge in [0.2, 0.25) is 5.91 Å². The molecule has 2 N–H and O–H groups in total. The molecule has 1 aromatic carbocycles. The van der Waals surface area contributed by atoms with Gasteiger partial charge in [-0.25, -0.2) is 4.79 Å². The van der Waals surface area contributed by atoms with Crippen LogP contribution in [0.2, 0.25) is 0 Å². The van der Waals surface area contributed by atoms with E-state index in [9.17, 15) is 9.59 Å². The van der Waals surface area contributed by atoms with Gasteiger partial charge in [-0.2, -0.15) is 0 Å². The maximum Gasteiger partial charge on any atom is 0.338 e. The first kappa shape index (κ1) is 13.5. The fourth-order valence-corrected chi connectivity index (χ4v) is 2.20. The van der Waals surface area contributed by atoms with Crippen molar-refractivity contribution in [2.45, 2.75) is 13.3 Å². The smallest absolute Gasteiger partial charge is 0.338 e. The monoisotopic (exact) mass is 262 g/mol. The van der Waals surface area contributed by atoms with Gasteiger partial charge in [-0.3, -0.25) is 4.79 Å². The number of rotatable bonds is 3. The number of carbonyl (C=O) groups is 2. The van der Waals surface area contributed by atoms with Crippen LogP contribution in [0.4, 0.5) is 5.69 Å². The van der Waals surface area contributed by atoms with Crippen LogP contribution in [0.3, 0.4) is 0 Å². The number of hydrogen-bond donors (Lipinski definition) is 2. The molecule has 1 saturated heterocycles. The molecule has 5 nitrogen and oxygen atoms in total. The third-order valence-corrected chi connectivity index (χ3v) is 3.33. The molecule has 0 aliphatic carbocycles. The van der Waals surface area contributed by atoms with Gasteiger partial charge in [-0.15, -0.1) is 0 Å². The van der Waals surface area contributed by atoms with E-state index in [1.165, 1.54) is 7.11 Å². The number of hydrogen-bond acceptors (Lipinski definition) is 4. The van der Waals surface area contributed by atoms with Crippen LogP contribution in [-0.2, 0) is 9.53 Å². The van der Waals surface area contributed by atoms with Crippen molar-refractivity contribution >= 4 is 17.6 Å². The molecule has 0 spiro atoms. The van der Waals surface area contributed by atoms with E-state index in [1.807, 2.05) is 6.92 Å². The van der Waals surface area contributed by atoms with Crippen LogP contribution in [-0.4, -0.2) is 32.1 Å². The second kappa shape index (κ2) is 5.84. The average Bonchev–Trinajstić information content (AvgIpc) is 2.92. The molecule has 1 heterocycles. The topological polar surface area (TPSA) is 67.4 Å². The number of benzene rings is 1. The Hall–Kier alpha value is -1.88. The Labute approximate surface area is 112 Å². The Kier molecular flexibility index (Phi) is 4.16. The van der Waals surface area contributed by atoms with Gasteiger partial charge in [0.1, 0.15) is 0 Å². The molecule has 1 amide bonds. The molecule has 5 heteroatoms. The molecule has 1 atom stereocenters. The van der Waals surface area contributed by atoms with Crippen molar-refractivity contribution in [3.63, 3.8) is 0 Å². The number of carbonyl (C=O) groups excluding carboxylic acids is 2. The largest absolute Gasteiger partial charge is 0.465 e. The van der Waals surface area contributed by atoms with Gasteiger partial charge in [0, 0.05) is 12.2 Å². The van der Waals surface area contributed by atoms with E-state index in [1.54, 1.807) is 18.2 Å². The molecule has 1 fully saturated rings. The number of aryl methyl sites for hydroxylation is 1. The summed E-state index contributed by atoms with van der Waals surface area (Å²) in [6, 6.07) is 5.18. The summed E-state index contributed by atoms with van der Waals surface area (Å²) in [7, 11) is 1.35. The second-order valence-electron chi connectivity index (χ2n) is 4.70. The van der Waals surface area contributed by atoms with Gasteiger partial charge in [0.25, 0.3) is 0 Å². The summed E-state index contributed by atoms with van der Waals surface area (Å²) < 4.78 is 4.68. The van der Waals surface area contributed by atoms with E-state index in [-0.39, 0.29) is 17.8 Å². The molecule has 19 heavy (non-hydrogen) atoms. The minimum atomic E-state index is -0.365. The van der Waals surface area contributed by atoms with E-state index in [0.717, 1.165) is 25.1 Å². The van der Waals surface area contributed by atoms with Crippen LogP contribution in [0.1, 0.15) is 22.3 Å². The van der Waals surface area contributed by atoms with Crippen molar-refractivity contribution in [2.24, 2.45) is 5.92 Å². The highest BCUT2D eigenvalue weighted by Crippen LogP contribution is 2.18. The van der Waals surface area contributed by atoms with E-state index < -0.39 is 0 Å². The summed E-state index contributed by atoms with van der Waals surface area (Å²) in [5, 5.41) is 6.04. The lowest BCUT2D eigenvalue weighted by Gasteiger charge is -2.11. The minimum Gasteiger partial charge on any atom is -0.465 e. The number of ether oxygens (including phenoxy) is 1. The van der Waals surface area contributed by atoms with E-state index in [0.29, 0.717) is 11.3 Å². The Morgan fingerprint density at radius 1 is 1.42 bits per heavy atom. The number of amides is 1. The highest BCUT2D eigenvalue weighted by atomic mass is 16.5. The van der Waals surface area contributed by atoms with Crippen molar-refractivity contribution in [1.82, 2.24) is 5.32 Å². The fourth-order valence-electron chi connectivity index (χ4n) is 2.20. The van der Waals surface area contributed by atoms with E-state index in [4.69, 9.17) is 0 Å². The number of nitrogens with one attached hydrogen (secondary N) is 2. The van der Waals surface area contributed by atoms with Crippen LogP contribution in [0.15, 0.2) is 18.2 Å². The van der Waals surface area contributed by atoms with Crippen LogP contribution in [0, 0.1) is 12.8 Å². The molecule has 0 saturated carbocycles. The van der Waals surface area contributed by atoms with Crippen LogP contribution < -0.4 is 10.6 Å². The van der Waals surface area contributed by atoms with Gasteiger partial charge < -0.3 is 15.4 Å². The minimum absolute atomic E-state index is 0.0234. The van der Waals surface area contributed by atoms with Gasteiger partial charge >= 0.3 is 5.97 Å². The molecule has 1 unspecified atom stereocenters. The first-order valence-electron chi connectivity index (χ1n) is 6.32. The third-order valence-electron chi connectivity index (χ3n) is 3.33. The van der Waals surface area contributed by atoms with Gasteiger partial charge in [-0.1, -0.05) is 0 Å². The van der Waals surface area contributed by atoms with Crippen molar-refractivity contribution in [1.29, 1.82) is 0 Å². The normalized spacial score (nSPS) is 18.1. The quantitative estimate of drug-likeness (QED) is 0.806. The van der Waals surface area contributed by atoms with Gasteiger partial charge in [0.05, 0.1) is 18.6 Å². The van der Waals surface area contributed by atoms with Crippen LogP contribution in [0.5, 0.6) is 0 Å². The fraction of sp³-hybridized carbons (Fsp3) is 0.429. The van der Waals surface area contributed by atoms with Crippen LogP contribution in [0.25, 0.3) is 0 Å². The Morgan fingerprint density at radius 3 is 2.79 bits per heavy atom. The maximum absolute atomic E-state index is 12.0. The first-order valence-corrected chi connectivity index (χ1v) is 6.32. The maximum atomic E-state index is 12.0. The predicted octanol–water partition coefficient (Wildman–Crippen LogP) is 1.33. The number of esters is 1. The summed E-state index contributed by atoms with van der Waals surface area (Å²) in [5.74, 6) is -0.314. The first-order chi connectivity index (χ1) is 9.11. The van der Waals surface area contributed by atoms with E-state index in [2.05, 4.69) is 15.4 Å². The van der Waals surface area contributed by atoms with Crippen molar-refractivity contribution in [3.05, 3.63) is 29.3 Å². The molecule has 0 aromatic heterocycles. The Morgan fingerprint density at radius 2 is 2.21 bits per heavy atom. The zero-order valence-electron chi connectivity index (χ0n) is 11.2. The lowest BCUT2D eigenvalue weighted by molar-refractivity contribution is -0.119. The number of methoxy groups -OCH3 is 1. The summed E-state index contributed by atoms with van der Waals surface area (Å²) in [5.41, 5.74) is 2.01. The standard InChI is InChI=1S/C14H18N2O3/c1-9-7-11(3-4-12(9)14(18)19-2)16-13(17)10-5-6-15-8-10/h3-4,7,10,15H,5-6,8H2,1-2H3,(H,16,17). The lowest BCUT2D eigenvalue weighted by Crippen LogP contribution is -2.24. The van der Waals surface area contributed by atoms with Gasteiger partial charge in [-0.05, 0) is 43.7 Å². The highest BCUT2D eigenvalue weighted by molar-refractivity contribution is 5.95. The zero-order chi connectivity index (χ0) is 13.8. The van der Waals surface area contributed by atoms with Gasteiger partial charge in [0.15, 0.2) is 0 Å². The second-order valence-corrected chi connectivity index (χ2v) is 4.70. The molecule has 1 aliphatic heterocycles. The summed E-state index contributed by atoms with van der Waals surface area (Å²) >= 11 is 0. The van der Waals surface area contributed by atoms with Crippen molar-refractivity contribution in [3.8, 4) is 0 Å². The Balaban J connectivity index is 2.07. The lowest BCUT2D eigenvalue weighted by atomic mass is 10.1. The van der Waals surface area contributed by atoms with Crippen molar-refractivity contribution in [2.75, 3.05) is 25.5 Å². The summed E-state index contributed by atoms with van der Waals surface area (Å²) in [4.78, 5) is 23.4. The molecule has 102 valence electrons. The zero-order valence-corrected chi connectivity index (χ0v) is 11.2. The third kappa shape index (κ3) is 3.12. The predicted molar refractivity (Wildman–Crippen MR) is 72.1 cm³/mol. The average molecular weight is 262 g/mol. The SMILES string of the molecule is COC(=O)c1ccc(NC(=O)C2CCNC2)cc1C. The number of anilines is 1. The highest BCUT2D eigenvalue weighted by Gasteiger charge is 2.22. The molecular formula is C14H18N2O3. The van der Waals surface area contributed by atoms with E-state index >= 15 is 0 Å². The molecule has 1 aliphatic rings.